The number of ether oxygens (including phenoxy) is 3. The minimum Gasteiger partial charge on any atom is -0.493 e. The number of thiol groups is 1. The van der Waals surface area contributed by atoms with Gasteiger partial charge < -0.3 is 14.2 Å². The number of hydrogen-bond acceptors (Lipinski definition) is 5. The van der Waals surface area contributed by atoms with Gasteiger partial charge in [-0.1, -0.05) is 43.0 Å². The van der Waals surface area contributed by atoms with Gasteiger partial charge in [-0.25, -0.2) is 4.79 Å². The first-order valence-electron chi connectivity index (χ1n) is 7.50. The quantitative estimate of drug-likeness (QED) is 0.356. The molecule has 0 N–H and O–H groups in total. The van der Waals surface area contributed by atoms with E-state index in [2.05, 4.69) is 17.4 Å². The van der Waals surface area contributed by atoms with Crippen molar-refractivity contribution in [3.8, 4) is 5.75 Å². The molecule has 1 unspecified atom stereocenters. The van der Waals surface area contributed by atoms with Crippen LogP contribution in [0.25, 0.3) is 10.8 Å². The predicted octanol–water partition coefficient (Wildman–Crippen LogP) is 3.75. The third kappa shape index (κ3) is 3.96. The molecule has 0 aliphatic carbocycles. The second-order valence-corrected chi connectivity index (χ2v) is 5.96. The molecule has 4 nitrogen and oxygen atoms in total. The highest BCUT2D eigenvalue weighted by Gasteiger charge is 2.35. The number of alkyl halides is 2. The zero-order valence-electron chi connectivity index (χ0n) is 12.7. The molecule has 2 aromatic rings. The zero-order chi connectivity index (χ0) is 17.2. The maximum Gasteiger partial charge on any atom is 0.388 e. The van der Waals surface area contributed by atoms with E-state index in [1.54, 1.807) is 0 Å². The van der Waals surface area contributed by atoms with Crippen LogP contribution in [0.5, 0.6) is 5.75 Å². The van der Waals surface area contributed by atoms with E-state index in [0.29, 0.717) is 12.2 Å². The van der Waals surface area contributed by atoms with E-state index < -0.39 is 11.2 Å². The Balaban J connectivity index is 1.58. The topological polar surface area (TPSA) is 48.1 Å². The van der Waals surface area contributed by atoms with Crippen LogP contribution < -0.4 is 4.74 Å². The molecule has 0 spiro atoms. The first-order valence-corrected chi connectivity index (χ1v) is 7.95. The van der Waals surface area contributed by atoms with Crippen molar-refractivity contribution in [1.29, 1.82) is 0 Å². The Hall–Kier alpha value is -1.86. The van der Waals surface area contributed by atoms with Crippen LogP contribution in [0.2, 0.25) is 0 Å². The Labute approximate surface area is 143 Å². The summed E-state index contributed by atoms with van der Waals surface area (Å²) in [5.74, 6) is -0.953. The average molecular weight is 354 g/mol. The van der Waals surface area contributed by atoms with Crippen molar-refractivity contribution >= 4 is 29.4 Å². The maximum atomic E-state index is 12.5. The largest absolute Gasteiger partial charge is 0.493 e. The SMILES string of the molecule is O=C(OCCCOc1cccc2c(C3CO3)cccc12)C(F)(F)S. The Morgan fingerprint density at radius 2 is 1.92 bits per heavy atom. The van der Waals surface area contributed by atoms with Crippen LogP contribution in [0.4, 0.5) is 8.78 Å². The van der Waals surface area contributed by atoms with Crippen LogP contribution in [-0.4, -0.2) is 31.0 Å². The molecule has 128 valence electrons. The highest BCUT2D eigenvalue weighted by atomic mass is 32.1. The van der Waals surface area contributed by atoms with Gasteiger partial charge >= 0.3 is 11.2 Å². The Bertz CT molecular complexity index is 741. The lowest BCUT2D eigenvalue weighted by Crippen LogP contribution is -2.25. The molecule has 1 aliphatic heterocycles. The van der Waals surface area contributed by atoms with Crippen molar-refractivity contribution in [2.45, 2.75) is 17.8 Å². The van der Waals surface area contributed by atoms with E-state index in [4.69, 9.17) is 9.47 Å². The van der Waals surface area contributed by atoms with Crippen molar-refractivity contribution < 1.29 is 27.8 Å². The number of fused-ring (bicyclic) bond motifs is 1. The fraction of sp³-hybridized carbons (Fsp3) is 0.353. The van der Waals surface area contributed by atoms with Crippen molar-refractivity contribution in [1.82, 2.24) is 0 Å². The van der Waals surface area contributed by atoms with Gasteiger partial charge in [-0.05, 0) is 17.0 Å². The summed E-state index contributed by atoms with van der Waals surface area (Å²) in [4.78, 5) is 10.9. The molecule has 7 heteroatoms. The van der Waals surface area contributed by atoms with E-state index >= 15 is 0 Å². The number of rotatable bonds is 7. The smallest absolute Gasteiger partial charge is 0.388 e. The molecule has 1 fully saturated rings. The predicted molar refractivity (Wildman–Crippen MR) is 87.6 cm³/mol. The van der Waals surface area contributed by atoms with Crippen LogP contribution in [0, 0.1) is 0 Å². The average Bonchev–Trinajstić information content (AvgIpc) is 3.38. The van der Waals surface area contributed by atoms with Crippen LogP contribution in [0.15, 0.2) is 36.4 Å². The lowest BCUT2D eigenvalue weighted by Gasteiger charge is -2.12. The first-order chi connectivity index (χ1) is 11.5. The van der Waals surface area contributed by atoms with Crippen molar-refractivity contribution in [3.05, 3.63) is 42.0 Å². The summed E-state index contributed by atoms with van der Waals surface area (Å²) >= 11 is 2.85. The molecule has 1 aliphatic rings. The van der Waals surface area contributed by atoms with E-state index in [9.17, 15) is 13.6 Å². The first kappa shape index (κ1) is 17.0. The van der Waals surface area contributed by atoms with Gasteiger partial charge in [-0.15, -0.1) is 0 Å². The molecule has 0 bridgehead atoms. The molecule has 1 heterocycles. The fourth-order valence-electron chi connectivity index (χ4n) is 2.43. The summed E-state index contributed by atoms with van der Waals surface area (Å²) in [5, 5.41) is -1.74. The summed E-state index contributed by atoms with van der Waals surface area (Å²) in [6.07, 6.45) is 0.448. The van der Waals surface area contributed by atoms with Crippen molar-refractivity contribution in [2.75, 3.05) is 19.8 Å². The lowest BCUT2D eigenvalue weighted by atomic mass is 10.0. The zero-order valence-corrected chi connectivity index (χ0v) is 13.6. The molecular formula is C17H16F2O4S. The highest BCUT2D eigenvalue weighted by Crippen LogP contribution is 2.37. The highest BCUT2D eigenvalue weighted by molar-refractivity contribution is 7.82. The van der Waals surface area contributed by atoms with Gasteiger partial charge in [0.2, 0.25) is 0 Å². The second kappa shape index (κ2) is 6.94. The van der Waals surface area contributed by atoms with E-state index in [0.717, 1.165) is 22.9 Å². The van der Waals surface area contributed by atoms with E-state index in [1.807, 2.05) is 36.4 Å². The lowest BCUT2D eigenvalue weighted by molar-refractivity contribution is -0.160. The number of benzene rings is 2. The summed E-state index contributed by atoms with van der Waals surface area (Å²) in [7, 11) is 0. The van der Waals surface area contributed by atoms with Gasteiger partial charge in [-0.2, -0.15) is 8.78 Å². The number of carbonyl (C=O) groups is 1. The second-order valence-electron chi connectivity index (χ2n) is 5.40. The molecule has 2 aromatic carbocycles. The van der Waals surface area contributed by atoms with Crippen LogP contribution in [-0.2, 0) is 14.3 Å². The molecule has 0 saturated carbocycles. The molecule has 0 radical (unpaired) electrons. The minimum absolute atomic E-state index is 0.145. The van der Waals surface area contributed by atoms with Crippen molar-refractivity contribution in [2.24, 2.45) is 0 Å². The number of halogens is 2. The van der Waals surface area contributed by atoms with Crippen LogP contribution >= 0.6 is 12.6 Å². The summed E-state index contributed by atoms with van der Waals surface area (Å²) in [6, 6.07) is 11.7. The minimum atomic E-state index is -3.77. The van der Waals surface area contributed by atoms with Gasteiger partial charge in [0, 0.05) is 11.8 Å². The molecule has 1 atom stereocenters. The van der Waals surface area contributed by atoms with Crippen LogP contribution in [0.1, 0.15) is 18.1 Å². The maximum absolute atomic E-state index is 12.5. The van der Waals surface area contributed by atoms with Gasteiger partial charge in [0.15, 0.2) is 0 Å². The standard InChI is InChI=1S/C17H16F2O4S/c18-17(19,24)16(20)22-9-3-8-21-14-7-2-4-11-12(14)5-1-6-13(11)15-10-23-15/h1-2,4-7,15,24H,3,8-10H2. The summed E-state index contributed by atoms with van der Waals surface area (Å²) < 4.78 is 40.5. The number of carbonyl (C=O) groups excluding carboxylic acids is 1. The van der Waals surface area contributed by atoms with Gasteiger partial charge in [0.25, 0.3) is 0 Å². The van der Waals surface area contributed by atoms with Gasteiger partial charge in [-0.3, -0.25) is 0 Å². The van der Waals surface area contributed by atoms with Crippen LogP contribution in [0.3, 0.4) is 0 Å². The molecule has 0 aromatic heterocycles. The molecule has 3 rings (SSSR count). The van der Waals surface area contributed by atoms with E-state index in [-0.39, 0.29) is 19.3 Å². The number of hydrogen-bond donors (Lipinski definition) is 1. The number of esters is 1. The normalized spacial score (nSPS) is 16.9. The molecular weight excluding hydrogens is 338 g/mol. The Morgan fingerprint density at radius 3 is 2.62 bits per heavy atom. The monoisotopic (exact) mass is 354 g/mol. The van der Waals surface area contributed by atoms with Gasteiger partial charge in [0.1, 0.15) is 11.9 Å². The number of epoxide rings is 1. The Kier molecular flexibility index (Phi) is 4.91. The molecule has 1 saturated heterocycles. The summed E-state index contributed by atoms with van der Waals surface area (Å²) in [6.45, 7) is 0.820. The third-order valence-electron chi connectivity index (χ3n) is 3.62. The van der Waals surface area contributed by atoms with Gasteiger partial charge in [0.05, 0.1) is 19.8 Å². The Morgan fingerprint density at radius 1 is 1.21 bits per heavy atom. The fourth-order valence-corrected chi connectivity index (χ4v) is 2.50. The third-order valence-corrected chi connectivity index (χ3v) is 3.80. The molecule has 24 heavy (non-hydrogen) atoms. The van der Waals surface area contributed by atoms with Crippen molar-refractivity contribution in [3.63, 3.8) is 0 Å². The molecule has 0 amide bonds. The van der Waals surface area contributed by atoms with E-state index in [1.165, 1.54) is 0 Å². The summed E-state index contributed by atoms with van der Waals surface area (Å²) in [5.41, 5.74) is 1.13.